The first-order chi connectivity index (χ1) is 9.61. The highest BCUT2D eigenvalue weighted by molar-refractivity contribution is 7.84. The third kappa shape index (κ3) is 4.06. The zero-order valence-corrected chi connectivity index (χ0v) is 15.6. The summed E-state index contributed by atoms with van der Waals surface area (Å²) >= 11 is 0. The van der Waals surface area contributed by atoms with Crippen molar-refractivity contribution in [3.63, 3.8) is 0 Å². The van der Waals surface area contributed by atoms with Gasteiger partial charge in [-0.05, 0) is 26.3 Å². The normalized spacial score (nSPS) is 26.7. The molecule has 1 fully saturated rings. The molecule has 21 heavy (non-hydrogen) atoms. The fraction of sp³-hybridized carbons (Fsp3) is 0.529. The van der Waals surface area contributed by atoms with Gasteiger partial charge in [0.15, 0.2) is 0 Å². The van der Waals surface area contributed by atoms with Crippen LogP contribution in [0.2, 0.25) is 19.6 Å². The van der Waals surface area contributed by atoms with E-state index >= 15 is 0 Å². The Morgan fingerprint density at radius 1 is 1.14 bits per heavy atom. The molecule has 0 bridgehead atoms. The van der Waals surface area contributed by atoms with Crippen molar-refractivity contribution in [1.29, 1.82) is 0 Å². The predicted molar refractivity (Wildman–Crippen MR) is 93.8 cm³/mol. The lowest BCUT2D eigenvalue weighted by Gasteiger charge is -2.18. The van der Waals surface area contributed by atoms with Crippen molar-refractivity contribution >= 4 is 19.1 Å². The molecule has 2 nitrogen and oxygen atoms in total. The highest BCUT2D eigenvalue weighted by Gasteiger charge is 2.53. The van der Waals surface area contributed by atoms with E-state index in [2.05, 4.69) is 47.5 Å². The Balaban J connectivity index is 2.29. The summed E-state index contributed by atoms with van der Waals surface area (Å²) in [6, 6.07) is 10.6. The molecule has 4 atom stereocenters. The van der Waals surface area contributed by atoms with Gasteiger partial charge in [-0.2, -0.15) is 4.31 Å². The summed E-state index contributed by atoms with van der Waals surface area (Å²) in [5.74, 6) is 3.39. The largest absolute Gasteiger partial charge is 0.242 e. The summed E-state index contributed by atoms with van der Waals surface area (Å²) in [6.07, 6.45) is 0. The maximum Gasteiger partial charge on any atom is 0.129 e. The van der Waals surface area contributed by atoms with Crippen LogP contribution >= 0.6 is 0 Å². The van der Waals surface area contributed by atoms with E-state index in [0.29, 0.717) is 0 Å². The van der Waals surface area contributed by atoms with Crippen molar-refractivity contribution in [1.82, 2.24) is 4.31 Å². The SMILES string of the molecule is CC(C)(C)S(=O)N1[C@H](C#C[Si](C)(C)C)[C@H]1c1ccccc1. The summed E-state index contributed by atoms with van der Waals surface area (Å²) in [4.78, 5) is 0. The van der Waals surface area contributed by atoms with Crippen molar-refractivity contribution in [2.45, 2.75) is 57.2 Å². The number of hydrogen-bond donors (Lipinski definition) is 0. The third-order valence-electron chi connectivity index (χ3n) is 3.21. The molecule has 1 aliphatic heterocycles. The first-order valence-corrected chi connectivity index (χ1v) is 12.0. The summed E-state index contributed by atoms with van der Waals surface area (Å²) < 4.78 is 14.5. The molecule has 1 heterocycles. The maximum atomic E-state index is 12.7. The van der Waals surface area contributed by atoms with Crippen LogP contribution in [0.1, 0.15) is 32.4 Å². The van der Waals surface area contributed by atoms with Crippen LogP contribution < -0.4 is 0 Å². The minimum absolute atomic E-state index is 0.0965. The first-order valence-electron chi connectivity index (χ1n) is 7.39. The molecule has 2 rings (SSSR count). The Kier molecular flexibility index (Phi) is 4.48. The van der Waals surface area contributed by atoms with Crippen molar-refractivity contribution in [2.75, 3.05) is 0 Å². The van der Waals surface area contributed by atoms with Gasteiger partial charge in [0, 0.05) is 0 Å². The van der Waals surface area contributed by atoms with Gasteiger partial charge < -0.3 is 0 Å². The quantitative estimate of drug-likeness (QED) is 0.462. The van der Waals surface area contributed by atoms with Gasteiger partial charge in [0.1, 0.15) is 25.1 Å². The second-order valence-electron chi connectivity index (χ2n) is 7.54. The molecule has 1 aromatic carbocycles. The predicted octanol–water partition coefficient (Wildman–Crippen LogP) is 3.75. The number of nitrogens with zero attached hydrogens (tertiary/aromatic N) is 1. The first kappa shape index (κ1) is 16.5. The molecule has 1 saturated heterocycles. The second-order valence-corrected chi connectivity index (χ2v) is 14.4. The Morgan fingerprint density at radius 3 is 2.19 bits per heavy atom. The molecule has 0 radical (unpaired) electrons. The van der Waals surface area contributed by atoms with Crippen molar-refractivity contribution in [3.8, 4) is 11.5 Å². The Hall–Kier alpha value is -0.893. The molecule has 2 unspecified atom stereocenters. The molecule has 0 saturated carbocycles. The van der Waals surface area contributed by atoms with Gasteiger partial charge in [-0.15, -0.1) is 5.54 Å². The molecule has 0 amide bonds. The fourth-order valence-corrected chi connectivity index (χ4v) is 4.12. The molecule has 0 aliphatic carbocycles. The lowest BCUT2D eigenvalue weighted by Crippen LogP contribution is -2.28. The Bertz CT molecular complexity index is 589. The zero-order valence-electron chi connectivity index (χ0n) is 13.8. The van der Waals surface area contributed by atoms with Crippen LogP contribution in [-0.4, -0.2) is 27.4 Å². The molecule has 1 aromatic rings. The maximum absolute atomic E-state index is 12.7. The minimum atomic E-state index is -1.41. The van der Waals surface area contributed by atoms with E-state index < -0.39 is 19.1 Å². The van der Waals surface area contributed by atoms with Gasteiger partial charge in [0.25, 0.3) is 0 Å². The highest BCUT2D eigenvalue weighted by atomic mass is 32.2. The van der Waals surface area contributed by atoms with E-state index in [1.807, 2.05) is 39.0 Å². The van der Waals surface area contributed by atoms with E-state index in [1.165, 1.54) is 5.56 Å². The summed E-state index contributed by atoms with van der Waals surface area (Å²) in [5.41, 5.74) is 4.65. The van der Waals surface area contributed by atoms with Crippen LogP contribution in [0.25, 0.3) is 0 Å². The Labute approximate surface area is 132 Å². The topological polar surface area (TPSA) is 20.1 Å². The van der Waals surface area contributed by atoms with E-state index in [1.54, 1.807) is 0 Å². The van der Waals surface area contributed by atoms with Crippen molar-refractivity contribution in [2.24, 2.45) is 0 Å². The summed E-state index contributed by atoms with van der Waals surface area (Å²) in [7, 11) is -2.43. The molecule has 4 heteroatoms. The van der Waals surface area contributed by atoms with Gasteiger partial charge >= 0.3 is 0 Å². The second kappa shape index (κ2) is 5.72. The number of hydrogen-bond acceptors (Lipinski definition) is 1. The average Bonchev–Trinajstić information content (AvgIpc) is 3.08. The average molecular weight is 320 g/mol. The van der Waals surface area contributed by atoms with Gasteiger partial charge in [0.2, 0.25) is 0 Å². The van der Waals surface area contributed by atoms with Gasteiger partial charge in [-0.25, -0.2) is 4.21 Å². The van der Waals surface area contributed by atoms with E-state index in [4.69, 9.17) is 0 Å². The van der Waals surface area contributed by atoms with Crippen LogP contribution in [0.3, 0.4) is 0 Å². The van der Waals surface area contributed by atoms with Crippen LogP contribution in [0.15, 0.2) is 30.3 Å². The number of rotatable bonds is 2. The van der Waals surface area contributed by atoms with Crippen LogP contribution in [0, 0.1) is 11.5 Å². The van der Waals surface area contributed by atoms with Gasteiger partial charge in [0.05, 0.1) is 10.8 Å². The van der Waals surface area contributed by atoms with Crippen molar-refractivity contribution < 1.29 is 4.21 Å². The van der Waals surface area contributed by atoms with Crippen LogP contribution in [-0.2, 0) is 11.0 Å². The minimum Gasteiger partial charge on any atom is -0.242 e. The van der Waals surface area contributed by atoms with Crippen LogP contribution in [0.5, 0.6) is 0 Å². The molecular weight excluding hydrogens is 294 g/mol. The summed E-state index contributed by atoms with van der Waals surface area (Å²) in [5, 5.41) is 0. The van der Waals surface area contributed by atoms with Gasteiger partial charge in [-0.3, -0.25) is 0 Å². The van der Waals surface area contributed by atoms with Crippen LogP contribution in [0.4, 0.5) is 0 Å². The standard InChI is InChI=1S/C17H25NOSSi/c1-17(2,3)20(19)18-15(12-13-21(4,5)6)16(18)14-10-8-7-9-11-14/h7-11,15-16H,1-6H3/t15-,16-,18?,20?/m1/s1. The molecule has 0 aromatic heterocycles. The lowest BCUT2D eigenvalue weighted by molar-refractivity contribution is 0.604. The van der Waals surface area contributed by atoms with E-state index in [0.717, 1.165) is 0 Å². The molecule has 0 spiro atoms. The van der Waals surface area contributed by atoms with E-state index in [-0.39, 0.29) is 16.8 Å². The fourth-order valence-electron chi connectivity index (χ4n) is 2.15. The summed E-state index contributed by atoms with van der Waals surface area (Å²) in [6.45, 7) is 12.8. The third-order valence-corrected chi connectivity index (χ3v) is 5.99. The van der Waals surface area contributed by atoms with Crippen molar-refractivity contribution in [3.05, 3.63) is 35.9 Å². The molecule has 0 N–H and O–H groups in total. The lowest BCUT2D eigenvalue weighted by atomic mass is 10.1. The molecular formula is C17H25NOSSi. The molecule has 114 valence electrons. The number of benzene rings is 1. The smallest absolute Gasteiger partial charge is 0.129 e. The Morgan fingerprint density at radius 2 is 1.71 bits per heavy atom. The molecule has 1 aliphatic rings. The zero-order chi connectivity index (χ0) is 15.8. The van der Waals surface area contributed by atoms with E-state index in [9.17, 15) is 4.21 Å². The monoisotopic (exact) mass is 319 g/mol. The highest BCUT2D eigenvalue weighted by Crippen LogP contribution is 2.46. The van der Waals surface area contributed by atoms with Gasteiger partial charge in [-0.1, -0.05) is 55.9 Å².